The molecule has 0 spiro atoms. The second-order valence-corrected chi connectivity index (χ2v) is 6.49. The Morgan fingerprint density at radius 1 is 0.793 bits per heavy atom. The van der Waals surface area contributed by atoms with E-state index in [0.29, 0.717) is 23.7 Å². The first-order chi connectivity index (χ1) is 14.2. The third-order valence-electron chi connectivity index (χ3n) is 4.43. The SMILES string of the molecule is O=c1c(NCCc2ccccc2)c(Nc2ccnc(Nc3cccnc3)c2)c1=O. The van der Waals surface area contributed by atoms with Crippen LogP contribution in [0.4, 0.5) is 28.6 Å². The van der Waals surface area contributed by atoms with Crippen molar-refractivity contribution < 1.29 is 0 Å². The Hall–Kier alpha value is -4.00. The van der Waals surface area contributed by atoms with Gasteiger partial charge in [0, 0.05) is 30.7 Å². The first-order valence-corrected chi connectivity index (χ1v) is 9.22. The van der Waals surface area contributed by atoms with Crippen LogP contribution in [0, 0.1) is 0 Å². The van der Waals surface area contributed by atoms with Crippen LogP contribution >= 0.6 is 0 Å². The number of pyridine rings is 2. The molecule has 29 heavy (non-hydrogen) atoms. The minimum atomic E-state index is -0.522. The maximum atomic E-state index is 12.0. The van der Waals surface area contributed by atoms with Gasteiger partial charge in [-0.3, -0.25) is 14.6 Å². The summed E-state index contributed by atoms with van der Waals surface area (Å²) < 4.78 is 0. The molecule has 144 valence electrons. The zero-order chi connectivity index (χ0) is 20.1. The molecule has 0 saturated heterocycles. The fourth-order valence-electron chi connectivity index (χ4n) is 2.96. The standard InChI is InChI=1S/C22H19N5O2/c28-21-19(25-11-8-15-5-2-1-3-6-15)20(22(21)29)27-16-9-12-24-18(13-16)26-17-7-4-10-23-14-17/h1-7,9-10,12-14,25H,8,11H2,(H2,24,26,27). The van der Waals surface area contributed by atoms with Gasteiger partial charge in [0.25, 0.3) is 10.9 Å². The third-order valence-corrected chi connectivity index (χ3v) is 4.43. The highest BCUT2D eigenvalue weighted by Gasteiger charge is 2.20. The van der Waals surface area contributed by atoms with E-state index in [0.717, 1.165) is 17.7 Å². The molecule has 7 nitrogen and oxygen atoms in total. The molecule has 0 atom stereocenters. The summed E-state index contributed by atoms with van der Waals surface area (Å²) in [4.78, 5) is 32.3. The van der Waals surface area contributed by atoms with E-state index in [2.05, 4.69) is 25.9 Å². The fourth-order valence-corrected chi connectivity index (χ4v) is 2.96. The molecule has 0 aliphatic rings. The van der Waals surface area contributed by atoms with Crippen molar-refractivity contribution in [1.82, 2.24) is 9.97 Å². The van der Waals surface area contributed by atoms with Crippen LogP contribution < -0.4 is 26.8 Å². The fraction of sp³-hybridized carbons (Fsp3) is 0.0909. The zero-order valence-electron chi connectivity index (χ0n) is 15.6. The lowest BCUT2D eigenvalue weighted by Gasteiger charge is -2.15. The van der Waals surface area contributed by atoms with Crippen LogP contribution in [0.5, 0.6) is 0 Å². The minimum absolute atomic E-state index is 0.279. The van der Waals surface area contributed by atoms with Gasteiger partial charge in [-0.15, -0.1) is 0 Å². The van der Waals surface area contributed by atoms with Crippen molar-refractivity contribution in [3.63, 3.8) is 0 Å². The predicted octanol–water partition coefficient (Wildman–Crippen LogP) is 3.21. The van der Waals surface area contributed by atoms with E-state index in [4.69, 9.17) is 0 Å². The highest BCUT2D eigenvalue weighted by molar-refractivity contribution is 5.79. The van der Waals surface area contributed by atoms with Crippen molar-refractivity contribution in [2.24, 2.45) is 0 Å². The summed E-state index contributed by atoms with van der Waals surface area (Å²) in [7, 11) is 0. The van der Waals surface area contributed by atoms with Gasteiger partial charge in [-0.05, 0) is 30.2 Å². The largest absolute Gasteiger partial charge is 0.380 e. The molecule has 2 aromatic carbocycles. The Morgan fingerprint density at radius 2 is 1.62 bits per heavy atom. The molecule has 3 N–H and O–H groups in total. The molecular weight excluding hydrogens is 366 g/mol. The summed E-state index contributed by atoms with van der Waals surface area (Å²) in [5, 5.41) is 9.25. The van der Waals surface area contributed by atoms with Crippen molar-refractivity contribution >= 4 is 28.6 Å². The van der Waals surface area contributed by atoms with Crippen LogP contribution in [0.3, 0.4) is 0 Å². The van der Waals surface area contributed by atoms with E-state index in [1.165, 1.54) is 0 Å². The predicted molar refractivity (Wildman–Crippen MR) is 115 cm³/mol. The van der Waals surface area contributed by atoms with Crippen LogP contribution in [-0.4, -0.2) is 16.5 Å². The Labute approximate surface area is 167 Å². The van der Waals surface area contributed by atoms with E-state index >= 15 is 0 Å². The van der Waals surface area contributed by atoms with Gasteiger partial charge in [-0.1, -0.05) is 30.3 Å². The first-order valence-electron chi connectivity index (χ1n) is 9.22. The molecule has 4 rings (SSSR count). The molecule has 0 bridgehead atoms. The van der Waals surface area contributed by atoms with Gasteiger partial charge in [0.1, 0.15) is 17.2 Å². The molecule has 0 aliphatic carbocycles. The van der Waals surface area contributed by atoms with E-state index in [1.54, 1.807) is 30.7 Å². The zero-order valence-corrected chi connectivity index (χ0v) is 15.6. The summed E-state index contributed by atoms with van der Waals surface area (Å²) in [6, 6.07) is 17.1. The normalized spacial score (nSPS) is 10.6. The Bertz CT molecular complexity index is 1170. The number of rotatable bonds is 8. The molecule has 0 saturated carbocycles. The number of hydrogen-bond acceptors (Lipinski definition) is 7. The average Bonchev–Trinajstić information content (AvgIpc) is 2.77. The smallest absolute Gasteiger partial charge is 0.253 e. The lowest BCUT2D eigenvalue weighted by Crippen LogP contribution is -2.37. The monoisotopic (exact) mass is 385 g/mol. The number of anilines is 5. The summed E-state index contributed by atoms with van der Waals surface area (Å²) in [5.74, 6) is 0.597. The van der Waals surface area contributed by atoms with Crippen LogP contribution in [0.15, 0.2) is 82.8 Å². The minimum Gasteiger partial charge on any atom is -0.380 e. The molecule has 0 amide bonds. The number of aromatic nitrogens is 2. The molecular formula is C22H19N5O2. The first kappa shape index (κ1) is 18.4. The van der Waals surface area contributed by atoms with Gasteiger partial charge in [-0.25, -0.2) is 4.98 Å². The lowest BCUT2D eigenvalue weighted by atomic mass is 10.1. The number of nitrogens with zero attached hydrogens (tertiary/aromatic N) is 2. The van der Waals surface area contributed by atoms with E-state index < -0.39 is 10.9 Å². The molecule has 0 unspecified atom stereocenters. The number of hydrogen-bond donors (Lipinski definition) is 3. The van der Waals surface area contributed by atoms with E-state index in [-0.39, 0.29) is 5.69 Å². The topological polar surface area (TPSA) is 96.0 Å². The van der Waals surface area contributed by atoms with Crippen LogP contribution in [0.25, 0.3) is 0 Å². The van der Waals surface area contributed by atoms with Gasteiger partial charge in [0.05, 0.1) is 11.9 Å². The molecule has 7 heteroatoms. The summed E-state index contributed by atoms with van der Waals surface area (Å²) in [6.45, 7) is 0.563. The molecule has 0 aliphatic heterocycles. The van der Waals surface area contributed by atoms with Crippen molar-refractivity contribution in [1.29, 1.82) is 0 Å². The van der Waals surface area contributed by atoms with Crippen LogP contribution in [0.1, 0.15) is 5.56 Å². The average molecular weight is 385 g/mol. The van der Waals surface area contributed by atoms with Gasteiger partial charge in [-0.2, -0.15) is 0 Å². The molecule has 0 radical (unpaired) electrons. The Kier molecular flexibility index (Phi) is 5.29. The molecule has 2 heterocycles. The van der Waals surface area contributed by atoms with Gasteiger partial charge in [0.15, 0.2) is 0 Å². The highest BCUT2D eigenvalue weighted by atomic mass is 16.2. The van der Waals surface area contributed by atoms with Crippen molar-refractivity contribution in [3.05, 3.63) is 99.2 Å². The van der Waals surface area contributed by atoms with Crippen LogP contribution in [0.2, 0.25) is 0 Å². The second kappa shape index (κ2) is 8.35. The number of nitrogens with one attached hydrogen (secondary N) is 3. The molecule has 4 aromatic rings. The molecule has 2 aromatic heterocycles. The summed E-state index contributed by atoms with van der Waals surface area (Å²) in [6.07, 6.45) is 5.75. The van der Waals surface area contributed by atoms with Gasteiger partial charge < -0.3 is 16.0 Å². The quantitative estimate of drug-likeness (QED) is 0.401. The second-order valence-electron chi connectivity index (χ2n) is 6.49. The van der Waals surface area contributed by atoms with E-state index in [9.17, 15) is 9.59 Å². The van der Waals surface area contributed by atoms with Gasteiger partial charge in [0.2, 0.25) is 0 Å². The number of benzene rings is 1. The third kappa shape index (κ3) is 4.30. The van der Waals surface area contributed by atoms with E-state index in [1.807, 2.05) is 42.5 Å². The van der Waals surface area contributed by atoms with Gasteiger partial charge >= 0.3 is 0 Å². The lowest BCUT2D eigenvalue weighted by molar-refractivity contribution is 1.01. The Balaban J connectivity index is 1.43. The van der Waals surface area contributed by atoms with Crippen molar-refractivity contribution in [2.75, 3.05) is 22.5 Å². The van der Waals surface area contributed by atoms with Crippen molar-refractivity contribution in [2.45, 2.75) is 6.42 Å². The summed E-state index contributed by atoms with van der Waals surface area (Å²) >= 11 is 0. The maximum absolute atomic E-state index is 12.0. The summed E-state index contributed by atoms with van der Waals surface area (Å²) in [5.41, 5.74) is 2.20. The van der Waals surface area contributed by atoms with Crippen molar-refractivity contribution in [3.8, 4) is 0 Å². The maximum Gasteiger partial charge on any atom is 0.253 e. The highest BCUT2D eigenvalue weighted by Crippen LogP contribution is 2.23. The Morgan fingerprint density at radius 3 is 2.41 bits per heavy atom. The molecule has 0 fully saturated rings. The van der Waals surface area contributed by atoms with Crippen LogP contribution in [-0.2, 0) is 6.42 Å².